The zero-order valence-corrected chi connectivity index (χ0v) is 13.2. The molecule has 0 radical (unpaired) electrons. The molecule has 0 aromatic heterocycles. The van der Waals surface area contributed by atoms with Gasteiger partial charge in [-0.3, -0.25) is 0 Å². The molecule has 2 nitrogen and oxygen atoms in total. The van der Waals surface area contributed by atoms with Crippen molar-refractivity contribution in [1.29, 1.82) is 0 Å². The Balaban J connectivity index is 2.51. The Kier molecular flexibility index (Phi) is 4.65. The maximum absolute atomic E-state index is 14.3. The summed E-state index contributed by atoms with van der Waals surface area (Å²) in [5.41, 5.74) is 2.03. The van der Waals surface area contributed by atoms with Crippen molar-refractivity contribution in [3.05, 3.63) is 58.9 Å². The molecule has 0 fully saturated rings. The number of halogens is 2. The molecule has 1 atom stereocenters. The minimum absolute atomic E-state index is 0.209. The van der Waals surface area contributed by atoms with Gasteiger partial charge in [0.25, 0.3) is 0 Å². The first-order chi connectivity index (χ1) is 9.58. The Morgan fingerprint density at radius 3 is 2.45 bits per heavy atom. The Labute approximate surface area is 126 Å². The van der Waals surface area contributed by atoms with Gasteiger partial charge in [-0.15, -0.1) is 0 Å². The molecular formula is C16H16BrFO2. The Morgan fingerprint density at radius 2 is 1.80 bits per heavy atom. The third kappa shape index (κ3) is 2.80. The van der Waals surface area contributed by atoms with Crippen LogP contribution in [-0.2, 0) is 0 Å². The zero-order valence-electron chi connectivity index (χ0n) is 11.6. The van der Waals surface area contributed by atoms with Gasteiger partial charge in [0.1, 0.15) is 17.3 Å². The van der Waals surface area contributed by atoms with Crippen molar-refractivity contribution in [2.24, 2.45) is 0 Å². The minimum Gasteiger partial charge on any atom is -0.497 e. The lowest BCUT2D eigenvalue weighted by Crippen LogP contribution is -2.01. The standard InChI is InChI=1S/C16H16BrFO2/c1-10-5-4-6-12(16(10)18)15(17)13-9-11(19-2)7-8-14(13)20-3/h4-9,15H,1-3H3. The van der Waals surface area contributed by atoms with Gasteiger partial charge in [-0.2, -0.15) is 0 Å². The van der Waals surface area contributed by atoms with Gasteiger partial charge in [0.05, 0.1) is 19.0 Å². The highest BCUT2D eigenvalue weighted by molar-refractivity contribution is 9.09. The summed E-state index contributed by atoms with van der Waals surface area (Å²) in [6.07, 6.45) is 0. The van der Waals surface area contributed by atoms with Crippen LogP contribution in [0.5, 0.6) is 11.5 Å². The average Bonchev–Trinajstić information content (AvgIpc) is 2.48. The second-order valence-corrected chi connectivity index (χ2v) is 5.36. The smallest absolute Gasteiger partial charge is 0.130 e. The lowest BCUT2D eigenvalue weighted by Gasteiger charge is -2.17. The number of hydrogen-bond acceptors (Lipinski definition) is 2. The average molecular weight is 339 g/mol. The van der Waals surface area contributed by atoms with Crippen molar-refractivity contribution in [3.63, 3.8) is 0 Å². The number of hydrogen-bond donors (Lipinski definition) is 0. The first-order valence-electron chi connectivity index (χ1n) is 6.19. The van der Waals surface area contributed by atoms with Gasteiger partial charge < -0.3 is 9.47 Å². The normalized spacial score (nSPS) is 12.1. The van der Waals surface area contributed by atoms with Crippen LogP contribution in [0.1, 0.15) is 21.5 Å². The van der Waals surface area contributed by atoms with E-state index in [1.54, 1.807) is 33.3 Å². The van der Waals surface area contributed by atoms with Crippen molar-refractivity contribution >= 4 is 15.9 Å². The van der Waals surface area contributed by atoms with E-state index in [0.717, 1.165) is 5.56 Å². The molecule has 106 valence electrons. The summed E-state index contributed by atoms with van der Waals surface area (Å²) in [5, 5.41) is 0. The van der Waals surface area contributed by atoms with Crippen LogP contribution in [0.4, 0.5) is 4.39 Å². The van der Waals surface area contributed by atoms with Crippen molar-refractivity contribution < 1.29 is 13.9 Å². The monoisotopic (exact) mass is 338 g/mol. The van der Waals surface area contributed by atoms with Gasteiger partial charge >= 0.3 is 0 Å². The Bertz CT molecular complexity index is 613. The van der Waals surface area contributed by atoms with E-state index in [0.29, 0.717) is 22.6 Å². The number of alkyl halides is 1. The maximum Gasteiger partial charge on any atom is 0.130 e. The number of aryl methyl sites for hydroxylation is 1. The van der Waals surface area contributed by atoms with E-state index < -0.39 is 0 Å². The van der Waals surface area contributed by atoms with Crippen LogP contribution in [0.2, 0.25) is 0 Å². The van der Waals surface area contributed by atoms with E-state index in [2.05, 4.69) is 15.9 Å². The lowest BCUT2D eigenvalue weighted by atomic mass is 10.0. The van der Waals surface area contributed by atoms with Crippen LogP contribution in [0.3, 0.4) is 0 Å². The molecule has 2 rings (SSSR count). The van der Waals surface area contributed by atoms with Gasteiger partial charge in [-0.05, 0) is 30.7 Å². The van der Waals surface area contributed by atoms with Crippen LogP contribution in [0, 0.1) is 12.7 Å². The number of rotatable bonds is 4. The molecule has 0 aliphatic carbocycles. The zero-order chi connectivity index (χ0) is 14.7. The van der Waals surface area contributed by atoms with Gasteiger partial charge in [-0.25, -0.2) is 4.39 Å². The molecule has 0 spiro atoms. The fourth-order valence-electron chi connectivity index (χ4n) is 2.07. The van der Waals surface area contributed by atoms with Crippen molar-refractivity contribution in [2.45, 2.75) is 11.8 Å². The largest absolute Gasteiger partial charge is 0.497 e. The number of benzene rings is 2. The van der Waals surface area contributed by atoms with Gasteiger partial charge in [0.2, 0.25) is 0 Å². The summed E-state index contributed by atoms with van der Waals surface area (Å²) >= 11 is 3.56. The lowest BCUT2D eigenvalue weighted by molar-refractivity contribution is 0.399. The molecule has 1 unspecified atom stereocenters. The fourth-order valence-corrected chi connectivity index (χ4v) is 2.78. The highest BCUT2D eigenvalue weighted by Gasteiger charge is 2.20. The predicted octanol–water partition coefficient (Wildman–Crippen LogP) is 4.64. The molecule has 0 aliphatic rings. The SMILES string of the molecule is COc1ccc(OC)c(C(Br)c2cccc(C)c2F)c1. The molecule has 20 heavy (non-hydrogen) atoms. The quantitative estimate of drug-likeness (QED) is 0.756. The highest BCUT2D eigenvalue weighted by Crippen LogP contribution is 2.39. The van der Waals surface area contributed by atoms with Crippen LogP contribution in [0.15, 0.2) is 36.4 Å². The molecule has 4 heteroatoms. The highest BCUT2D eigenvalue weighted by atomic mass is 79.9. The van der Waals surface area contributed by atoms with E-state index >= 15 is 0 Å². The predicted molar refractivity (Wildman–Crippen MR) is 81.5 cm³/mol. The summed E-state index contributed by atoms with van der Waals surface area (Å²) in [5.74, 6) is 1.19. The molecule has 0 saturated heterocycles. The Morgan fingerprint density at radius 1 is 1.05 bits per heavy atom. The first-order valence-corrected chi connectivity index (χ1v) is 7.11. The van der Waals surface area contributed by atoms with Crippen molar-refractivity contribution in [3.8, 4) is 11.5 Å². The van der Waals surface area contributed by atoms with E-state index in [1.807, 2.05) is 24.3 Å². The van der Waals surface area contributed by atoms with Gasteiger partial charge in [0.15, 0.2) is 0 Å². The summed E-state index contributed by atoms with van der Waals surface area (Å²) in [6, 6.07) is 10.8. The van der Waals surface area contributed by atoms with Crippen LogP contribution in [0.25, 0.3) is 0 Å². The minimum atomic E-state index is -0.299. The first kappa shape index (κ1) is 14.9. The molecular weight excluding hydrogens is 323 g/mol. The van der Waals surface area contributed by atoms with E-state index in [-0.39, 0.29) is 10.6 Å². The van der Waals surface area contributed by atoms with E-state index in [9.17, 15) is 4.39 Å². The molecule has 0 saturated carbocycles. The van der Waals surface area contributed by atoms with E-state index in [1.165, 1.54) is 0 Å². The summed E-state index contributed by atoms with van der Waals surface area (Å²) in [4.78, 5) is -0.299. The third-order valence-corrected chi connectivity index (χ3v) is 4.19. The summed E-state index contributed by atoms with van der Waals surface area (Å²) < 4.78 is 24.8. The molecule has 2 aromatic carbocycles. The van der Waals surface area contributed by atoms with Crippen LogP contribution < -0.4 is 9.47 Å². The molecule has 0 bridgehead atoms. The van der Waals surface area contributed by atoms with Crippen LogP contribution in [-0.4, -0.2) is 14.2 Å². The molecule has 0 aliphatic heterocycles. The maximum atomic E-state index is 14.3. The topological polar surface area (TPSA) is 18.5 Å². The van der Waals surface area contributed by atoms with Crippen molar-refractivity contribution in [1.82, 2.24) is 0 Å². The van der Waals surface area contributed by atoms with Crippen LogP contribution >= 0.6 is 15.9 Å². The summed E-state index contributed by atoms with van der Waals surface area (Å²) in [6.45, 7) is 1.75. The summed E-state index contributed by atoms with van der Waals surface area (Å²) in [7, 11) is 3.19. The van der Waals surface area contributed by atoms with Gasteiger partial charge in [0, 0.05) is 11.1 Å². The van der Waals surface area contributed by atoms with Gasteiger partial charge in [-0.1, -0.05) is 34.1 Å². The fraction of sp³-hybridized carbons (Fsp3) is 0.250. The van der Waals surface area contributed by atoms with Crippen molar-refractivity contribution in [2.75, 3.05) is 14.2 Å². The second-order valence-electron chi connectivity index (χ2n) is 4.45. The third-order valence-electron chi connectivity index (χ3n) is 3.20. The Hall–Kier alpha value is -1.55. The molecule has 0 N–H and O–H groups in total. The van der Waals surface area contributed by atoms with E-state index in [4.69, 9.17) is 9.47 Å². The molecule has 0 heterocycles. The molecule has 0 amide bonds. The number of methoxy groups -OCH3 is 2. The second kappa shape index (κ2) is 6.27. The number of ether oxygens (including phenoxy) is 2. The molecule has 2 aromatic rings.